The molecule has 4 aromatic rings. The second-order valence-corrected chi connectivity index (χ2v) is 12.1. The fourth-order valence-corrected chi connectivity index (χ4v) is 7.23. The minimum atomic E-state index is -1.09. The number of rotatable bonds is 7. The van der Waals surface area contributed by atoms with Gasteiger partial charge in [-0.3, -0.25) is 4.79 Å². The number of anilines is 1. The Morgan fingerprint density at radius 3 is 2.82 bits per heavy atom. The largest absolute Gasteiger partial charge is 0.475 e. The molecule has 2 aliphatic rings. The number of halogens is 2. The van der Waals surface area contributed by atoms with Crippen molar-refractivity contribution in [2.75, 3.05) is 51.3 Å². The highest BCUT2D eigenvalue weighted by molar-refractivity contribution is 7.17. The second kappa shape index (κ2) is 12.2. The predicted octanol–water partition coefficient (Wildman–Crippen LogP) is 6.02. The van der Waals surface area contributed by atoms with Crippen LogP contribution in [-0.2, 0) is 4.79 Å². The molecular weight excluding hydrogens is 582 g/mol. The Morgan fingerprint density at radius 2 is 2.09 bits per heavy atom. The van der Waals surface area contributed by atoms with E-state index in [-0.39, 0.29) is 43.7 Å². The molecular formula is C33H30F2N6O2S. The molecule has 2 saturated heterocycles. The number of hydrogen-bond donors (Lipinski definition) is 0. The van der Waals surface area contributed by atoms with E-state index in [1.807, 2.05) is 41.6 Å². The standard InChI is InChI=1S/C33H30F2N6O2S/c1-20(34)33(42)41-12-11-40(18-23(41)17-37-2)30-26-14-28(35)25(24-8-4-6-21-9-13-44-31(21)24)15-29(26)38-32(27(30)16-36)43-19-22-7-5-10-39(22)3/h4,6,8-9,13-15,22-23H,1,5,7,10-12,17-19H2,3H3/t22-,23-/m0/s1. The molecule has 1 amide bonds. The van der Waals surface area contributed by atoms with Crippen LogP contribution in [0.5, 0.6) is 5.88 Å². The average Bonchev–Trinajstić information content (AvgIpc) is 3.67. The van der Waals surface area contributed by atoms with Crippen LogP contribution in [0.25, 0.3) is 37.0 Å². The summed E-state index contributed by atoms with van der Waals surface area (Å²) in [5.74, 6) is -2.27. The highest BCUT2D eigenvalue weighted by atomic mass is 32.1. The molecule has 0 unspecified atom stereocenters. The van der Waals surface area contributed by atoms with Crippen molar-refractivity contribution in [1.29, 1.82) is 5.26 Å². The minimum Gasteiger partial charge on any atom is -0.475 e. The lowest BCUT2D eigenvalue weighted by Gasteiger charge is -2.40. The summed E-state index contributed by atoms with van der Waals surface area (Å²) in [5, 5.41) is 13.8. The molecule has 0 N–H and O–H groups in total. The van der Waals surface area contributed by atoms with Crippen LogP contribution in [-0.4, -0.2) is 79.2 Å². The summed E-state index contributed by atoms with van der Waals surface area (Å²) in [5.41, 5.74) is 2.17. The molecule has 0 aliphatic carbocycles. The maximum atomic E-state index is 16.1. The highest BCUT2D eigenvalue weighted by Gasteiger charge is 2.36. The molecule has 4 heterocycles. The minimum absolute atomic E-state index is 0.0683. The van der Waals surface area contributed by atoms with E-state index in [2.05, 4.69) is 22.4 Å². The predicted molar refractivity (Wildman–Crippen MR) is 168 cm³/mol. The zero-order valence-electron chi connectivity index (χ0n) is 24.2. The monoisotopic (exact) mass is 612 g/mol. The van der Waals surface area contributed by atoms with E-state index in [1.54, 1.807) is 6.07 Å². The Hall–Kier alpha value is -4.58. The van der Waals surface area contributed by atoms with Crippen molar-refractivity contribution in [2.24, 2.45) is 0 Å². The van der Waals surface area contributed by atoms with Crippen LogP contribution in [0.4, 0.5) is 14.5 Å². The van der Waals surface area contributed by atoms with E-state index in [1.165, 1.54) is 22.3 Å². The molecule has 44 heavy (non-hydrogen) atoms. The molecule has 6 rings (SSSR count). The molecule has 11 heteroatoms. The molecule has 0 radical (unpaired) electrons. The number of ether oxygens (including phenoxy) is 1. The third-order valence-corrected chi connectivity index (χ3v) is 9.54. The molecule has 2 atom stereocenters. The van der Waals surface area contributed by atoms with E-state index in [9.17, 15) is 14.4 Å². The lowest BCUT2D eigenvalue weighted by molar-refractivity contribution is -0.131. The summed E-state index contributed by atoms with van der Waals surface area (Å²) in [4.78, 5) is 26.2. The van der Waals surface area contributed by atoms with Crippen LogP contribution < -0.4 is 9.64 Å². The van der Waals surface area contributed by atoms with Gasteiger partial charge >= 0.3 is 0 Å². The number of fused-ring (bicyclic) bond motifs is 2. The third-order valence-electron chi connectivity index (χ3n) is 8.57. The van der Waals surface area contributed by atoms with Gasteiger partial charge < -0.3 is 24.3 Å². The topological polar surface area (TPSA) is 77.1 Å². The zero-order valence-corrected chi connectivity index (χ0v) is 25.0. The lowest BCUT2D eigenvalue weighted by Crippen LogP contribution is -2.56. The van der Waals surface area contributed by atoms with Crippen molar-refractivity contribution in [2.45, 2.75) is 24.9 Å². The summed E-state index contributed by atoms with van der Waals surface area (Å²) < 4.78 is 37.1. The lowest BCUT2D eigenvalue weighted by atomic mass is 9.99. The third kappa shape index (κ3) is 5.34. The maximum Gasteiger partial charge on any atom is 0.282 e. The Kier molecular flexibility index (Phi) is 8.17. The van der Waals surface area contributed by atoms with Crippen LogP contribution in [0.3, 0.4) is 0 Å². The number of amides is 1. The first kappa shape index (κ1) is 29.5. The number of thiophene rings is 1. The molecule has 2 fully saturated rings. The summed E-state index contributed by atoms with van der Waals surface area (Å²) in [6.07, 6.45) is 2.02. The number of pyridine rings is 1. The first-order chi connectivity index (χ1) is 21.3. The molecule has 0 saturated carbocycles. The summed E-state index contributed by atoms with van der Waals surface area (Å²) >= 11 is 1.53. The van der Waals surface area contributed by atoms with Crippen LogP contribution in [0.1, 0.15) is 18.4 Å². The van der Waals surface area contributed by atoms with E-state index < -0.39 is 23.6 Å². The van der Waals surface area contributed by atoms with E-state index in [4.69, 9.17) is 16.3 Å². The van der Waals surface area contributed by atoms with Crippen molar-refractivity contribution in [1.82, 2.24) is 14.8 Å². The molecule has 8 nitrogen and oxygen atoms in total. The number of nitriles is 1. The summed E-state index contributed by atoms with van der Waals surface area (Å²) in [6.45, 7) is 12.3. The maximum absolute atomic E-state index is 16.1. The van der Waals surface area contributed by atoms with E-state index >= 15 is 4.39 Å². The number of nitrogens with zero attached hydrogens (tertiary/aromatic N) is 6. The van der Waals surface area contributed by atoms with Crippen molar-refractivity contribution in [3.63, 3.8) is 0 Å². The van der Waals surface area contributed by atoms with Gasteiger partial charge in [0.15, 0.2) is 5.83 Å². The van der Waals surface area contributed by atoms with Gasteiger partial charge in [-0.05, 0) is 55.4 Å². The Bertz CT molecular complexity index is 1860. The molecule has 2 aliphatic heterocycles. The van der Waals surface area contributed by atoms with Crippen LogP contribution >= 0.6 is 11.3 Å². The van der Waals surface area contributed by atoms with Gasteiger partial charge in [0.2, 0.25) is 12.4 Å². The van der Waals surface area contributed by atoms with Crippen molar-refractivity contribution in [3.8, 4) is 23.1 Å². The molecule has 2 aromatic carbocycles. The smallest absolute Gasteiger partial charge is 0.282 e. The SMILES string of the molecule is [C-]#[N+]C[C@H]1CN(c2c(C#N)c(OC[C@@H]3CCCN3C)nc3cc(-c4cccc5ccsc45)c(F)cc23)CCN1C(=O)C(=C)F. The number of aromatic nitrogens is 1. The van der Waals surface area contributed by atoms with Gasteiger partial charge in [-0.2, -0.15) is 5.26 Å². The number of carbonyl (C=O) groups excluding carboxylic acids is 1. The number of hydrogen-bond acceptors (Lipinski definition) is 7. The first-order valence-electron chi connectivity index (χ1n) is 14.4. The second-order valence-electron chi connectivity index (χ2n) is 11.2. The highest BCUT2D eigenvalue weighted by Crippen LogP contribution is 2.41. The fourth-order valence-electron chi connectivity index (χ4n) is 6.30. The van der Waals surface area contributed by atoms with Gasteiger partial charge in [-0.15, -0.1) is 11.3 Å². The molecule has 224 valence electrons. The zero-order chi connectivity index (χ0) is 31.0. The van der Waals surface area contributed by atoms with Crippen LogP contribution in [0.2, 0.25) is 0 Å². The van der Waals surface area contributed by atoms with Crippen molar-refractivity contribution in [3.05, 3.63) is 77.0 Å². The van der Waals surface area contributed by atoms with Crippen LogP contribution in [0.15, 0.2) is 54.2 Å². The summed E-state index contributed by atoms with van der Waals surface area (Å²) in [6, 6.07) is 12.6. The molecule has 0 spiro atoms. The Labute approximate surface area is 258 Å². The average molecular weight is 613 g/mol. The number of benzene rings is 2. The number of likely N-dealkylation sites (N-methyl/N-ethyl adjacent to an activating group) is 1. The van der Waals surface area contributed by atoms with Gasteiger partial charge in [0.1, 0.15) is 30.1 Å². The van der Waals surface area contributed by atoms with Gasteiger partial charge in [-0.1, -0.05) is 24.8 Å². The van der Waals surface area contributed by atoms with Crippen molar-refractivity contribution < 1.29 is 18.3 Å². The quantitative estimate of drug-likeness (QED) is 0.188. The first-order valence-corrected chi connectivity index (χ1v) is 15.3. The Morgan fingerprint density at radius 1 is 1.25 bits per heavy atom. The number of likely N-dealkylation sites (tertiary alicyclic amines) is 1. The fraction of sp³-hybridized carbons (Fsp3) is 0.333. The summed E-state index contributed by atoms with van der Waals surface area (Å²) in [7, 11) is 2.04. The van der Waals surface area contributed by atoms with E-state index in [0.29, 0.717) is 28.8 Å². The number of piperazine rings is 1. The Balaban J connectivity index is 1.49. The van der Waals surface area contributed by atoms with Gasteiger partial charge in [0.05, 0.1) is 11.2 Å². The number of carbonyl (C=O) groups is 1. The molecule has 0 bridgehead atoms. The van der Waals surface area contributed by atoms with E-state index in [0.717, 1.165) is 35.0 Å². The van der Waals surface area contributed by atoms with Crippen LogP contribution in [0, 0.1) is 23.7 Å². The van der Waals surface area contributed by atoms with Gasteiger partial charge in [0, 0.05) is 46.9 Å². The normalized spacial score (nSPS) is 18.8. The van der Waals surface area contributed by atoms with Crippen molar-refractivity contribution >= 4 is 43.9 Å². The van der Waals surface area contributed by atoms with Gasteiger partial charge in [-0.25, -0.2) is 20.3 Å². The van der Waals surface area contributed by atoms with Gasteiger partial charge in [0.25, 0.3) is 5.91 Å². The molecule has 2 aromatic heterocycles.